The fourth-order valence-electron chi connectivity index (χ4n) is 9.93. The molecule has 198 valence electrons. The summed E-state index contributed by atoms with van der Waals surface area (Å²) in [4.78, 5) is 23.9. The second kappa shape index (κ2) is 8.33. The third-order valence-electron chi connectivity index (χ3n) is 12.1. The first-order valence-electron chi connectivity index (χ1n) is 14.3. The van der Waals surface area contributed by atoms with Crippen molar-refractivity contribution in [1.82, 2.24) is 0 Å². The third-order valence-corrected chi connectivity index (χ3v) is 12.1. The van der Waals surface area contributed by atoms with Gasteiger partial charge in [-0.15, -0.1) is 0 Å². The highest BCUT2D eigenvalue weighted by Gasteiger charge is 2.67. The lowest BCUT2D eigenvalue weighted by Crippen LogP contribution is -2.64. The average molecular weight is 495 g/mol. The molecule has 0 radical (unpaired) electrons. The maximum atomic E-state index is 12.0. The molecule has 0 spiro atoms. The van der Waals surface area contributed by atoms with Crippen LogP contribution in [0.4, 0.5) is 0 Å². The van der Waals surface area contributed by atoms with Crippen LogP contribution in [0.5, 0.6) is 11.5 Å². The summed E-state index contributed by atoms with van der Waals surface area (Å²) in [5.74, 6) is 2.24. The Kier molecular flexibility index (Phi) is 5.97. The van der Waals surface area contributed by atoms with Crippen LogP contribution in [0.1, 0.15) is 117 Å². The smallest absolute Gasteiger partial charge is 0.308 e. The average Bonchev–Trinajstić information content (AvgIpc) is 2.79. The molecule has 1 aromatic carbocycles. The normalized spacial score (nSPS) is 41.3. The molecule has 3 fully saturated rings. The molecule has 0 saturated heterocycles. The number of ether oxygens (including phenoxy) is 2. The van der Waals surface area contributed by atoms with Gasteiger partial charge in [0.15, 0.2) is 11.5 Å². The number of rotatable bonds is 2. The largest absolute Gasteiger partial charge is 0.423 e. The number of hydrogen-bond donors (Lipinski definition) is 0. The fourth-order valence-corrected chi connectivity index (χ4v) is 9.93. The predicted molar refractivity (Wildman–Crippen MR) is 142 cm³/mol. The molecule has 0 N–H and O–H groups in total. The van der Waals surface area contributed by atoms with Gasteiger partial charge in [0.25, 0.3) is 0 Å². The zero-order chi connectivity index (χ0) is 26.3. The van der Waals surface area contributed by atoms with Crippen molar-refractivity contribution in [3.05, 3.63) is 22.8 Å². The molecule has 1 aromatic rings. The van der Waals surface area contributed by atoms with Crippen LogP contribution in [-0.2, 0) is 21.4 Å². The van der Waals surface area contributed by atoms with Crippen LogP contribution in [0.3, 0.4) is 0 Å². The van der Waals surface area contributed by atoms with E-state index in [1.807, 2.05) is 6.92 Å². The van der Waals surface area contributed by atoms with Crippen molar-refractivity contribution >= 4 is 11.9 Å². The first-order chi connectivity index (χ1) is 16.7. The van der Waals surface area contributed by atoms with Crippen molar-refractivity contribution in [2.75, 3.05) is 0 Å². The Balaban J connectivity index is 1.61. The lowest BCUT2D eigenvalue weighted by molar-refractivity contribution is -0.203. The van der Waals surface area contributed by atoms with Gasteiger partial charge in [-0.2, -0.15) is 0 Å². The molecule has 4 aliphatic rings. The van der Waals surface area contributed by atoms with E-state index in [1.165, 1.54) is 69.9 Å². The molecule has 5 rings (SSSR count). The number of benzene rings is 1. The molecule has 7 atom stereocenters. The van der Waals surface area contributed by atoms with Gasteiger partial charge in [-0.25, -0.2) is 0 Å². The number of hydrogen-bond acceptors (Lipinski definition) is 4. The molecule has 3 saturated carbocycles. The van der Waals surface area contributed by atoms with E-state index in [0.717, 1.165) is 30.2 Å². The minimum atomic E-state index is -0.390. The summed E-state index contributed by atoms with van der Waals surface area (Å²) >= 11 is 0. The minimum absolute atomic E-state index is 0.0181. The van der Waals surface area contributed by atoms with Crippen molar-refractivity contribution in [2.45, 2.75) is 119 Å². The quantitative estimate of drug-likeness (QED) is 0.312. The Morgan fingerprint density at radius 3 is 2.17 bits per heavy atom. The monoisotopic (exact) mass is 494 g/mol. The van der Waals surface area contributed by atoms with E-state index in [2.05, 4.69) is 40.7 Å². The van der Waals surface area contributed by atoms with E-state index in [4.69, 9.17) is 9.47 Å². The molecule has 1 unspecified atom stereocenters. The Morgan fingerprint density at radius 1 is 0.861 bits per heavy atom. The molecular formula is C32H46O4. The lowest BCUT2D eigenvalue weighted by atomic mass is 9.33. The van der Waals surface area contributed by atoms with E-state index < -0.39 is 0 Å². The fraction of sp³-hybridized carbons (Fsp3) is 0.750. The molecular weight excluding hydrogens is 448 g/mol. The summed E-state index contributed by atoms with van der Waals surface area (Å²) in [7, 11) is 0. The molecule has 0 aromatic heterocycles. The molecule has 4 heteroatoms. The molecule has 36 heavy (non-hydrogen) atoms. The van der Waals surface area contributed by atoms with E-state index in [1.54, 1.807) is 0 Å². The first-order valence-corrected chi connectivity index (χ1v) is 14.3. The zero-order valence-corrected chi connectivity index (χ0v) is 23.8. The van der Waals surface area contributed by atoms with Crippen LogP contribution < -0.4 is 9.47 Å². The summed E-state index contributed by atoms with van der Waals surface area (Å²) < 4.78 is 11.2. The van der Waals surface area contributed by atoms with Crippen LogP contribution in [0, 0.1) is 40.9 Å². The maximum absolute atomic E-state index is 12.0. The standard InChI is InChI=1S/C32H46O4/c1-19-11-12-29(5)13-15-31(7)26-10-9-23-20(2)28(36-22(4)34)25(35-21(3)33)18-24(23)30(26,6)14-16-32(31,8)27(29)17-19/h18-19,26-27H,9-17H2,1-8H3/t19-,26?,27+,29+,30-,31+,32-/m0/s1. The predicted octanol–water partition coefficient (Wildman–Crippen LogP) is 7.71. The molecule has 0 heterocycles. The Bertz CT molecular complexity index is 1110. The summed E-state index contributed by atoms with van der Waals surface area (Å²) in [5, 5.41) is 0. The number of carbonyl (C=O) groups excluding carboxylic acids is 2. The van der Waals surface area contributed by atoms with Gasteiger partial charge in [0.1, 0.15) is 0 Å². The van der Waals surface area contributed by atoms with Crippen molar-refractivity contribution in [3.8, 4) is 11.5 Å². The Morgan fingerprint density at radius 2 is 1.50 bits per heavy atom. The number of fused-ring (bicyclic) bond motifs is 7. The van der Waals surface area contributed by atoms with E-state index in [0.29, 0.717) is 28.2 Å². The topological polar surface area (TPSA) is 52.6 Å². The SMILES string of the molecule is CC(=O)Oc1cc2c(c(C)c1OC(C)=O)CCC1[C@@]2(C)CC[C@@]2(C)[C@@H]3C[C@@H](C)CC[C@]3(C)CC[C@]12C. The van der Waals surface area contributed by atoms with Crippen molar-refractivity contribution < 1.29 is 19.1 Å². The zero-order valence-electron chi connectivity index (χ0n) is 23.8. The second-order valence-electron chi connectivity index (χ2n) is 14.0. The molecule has 4 nitrogen and oxygen atoms in total. The van der Waals surface area contributed by atoms with Crippen molar-refractivity contribution in [3.63, 3.8) is 0 Å². The maximum Gasteiger partial charge on any atom is 0.308 e. The van der Waals surface area contributed by atoms with Gasteiger partial charge in [0.2, 0.25) is 0 Å². The highest BCUT2D eigenvalue weighted by molar-refractivity contribution is 5.75. The van der Waals surface area contributed by atoms with E-state index in [-0.39, 0.29) is 22.8 Å². The number of esters is 2. The summed E-state index contributed by atoms with van der Waals surface area (Å²) in [6.45, 7) is 17.7. The van der Waals surface area contributed by atoms with Gasteiger partial charge < -0.3 is 9.47 Å². The van der Waals surface area contributed by atoms with Gasteiger partial charge >= 0.3 is 11.9 Å². The van der Waals surface area contributed by atoms with E-state index >= 15 is 0 Å². The molecule has 0 bridgehead atoms. The second-order valence-corrected chi connectivity index (χ2v) is 14.0. The van der Waals surface area contributed by atoms with E-state index in [9.17, 15) is 9.59 Å². The molecule has 0 aliphatic heterocycles. The van der Waals surface area contributed by atoms with Crippen LogP contribution in [0.2, 0.25) is 0 Å². The van der Waals surface area contributed by atoms with Crippen molar-refractivity contribution in [1.29, 1.82) is 0 Å². The summed E-state index contributed by atoms with van der Waals surface area (Å²) in [5.41, 5.74) is 4.69. The van der Waals surface area contributed by atoms with Gasteiger partial charge in [-0.3, -0.25) is 9.59 Å². The Labute approximate surface area is 217 Å². The molecule has 0 amide bonds. The summed E-state index contributed by atoms with van der Waals surface area (Å²) in [6.07, 6.45) is 11.4. The van der Waals surface area contributed by atoms with Crippen LogP contribution in [0.15, 0.2) is 6.07 Å². The lowest BCUT2D eigenvalue weighted by Gasteiger charge is -2.71. The minimum Gasteiger partial charge on any atom is -0.423 e. The van der Waals surface area contributed by atoms with Gasteiger partial charge in [0, 0.05) is 13.8 Å². The first kappa shape index (κ1) is 25.8. The van der Waals surface area contributed by atoms with Gasteiger partial charge in [-0.05, 0) is 120 Å². The number of carbonyl (C=O) groups is 2. The third kappa shape index (κ3) is 3.52. The Hall–Kier alpha value is -1.84. The van der Waals surface area contributed by atoms with Crippen LogP contribution in [-0.4, -0.2) is 11.9 Å². The van der Waals surface area contributed by atoms with Crippen LogP contribution in [0.25, 0.3) is 0 Å². The summed E-state index contributed by atoms with van der Waals surface area (Å²) in [6, 6.07) is 2.05. The highest BCUT2D eigenvalue weighted by atomic mass is 16.6. The van der Waals surface area contributed by atoms with Crippen LogP contribution >= 0.6 is 0 Å². The van der Waals surface area contributed by atoms with Gasteiger partial charge in [-0.1, -0.05) is 41.0 Å². The van der Waals surface area contributed by atoms with Gasteiger partial charge in [0.05, 0.1) is 0 Å². The molecule has 4 aliphatic carbocycles. The highest BCUT2D eigenvalue weighted by Crippen LogP contribution is 2.74. The van der Waals surface area contributed by atoms with Crippen molar-refractivity contribution in [2.24, 2.45) is 34.0 Å².